The molecule has 2 fully saturated rings. The van der Waals surface area contributed by atoms with Crippen molar-refractivity contribution in [2.24, 2.45) is 5.92 Å². The molecular formula is C19H28ClFN4O2. The molecule has 0 aliphatic carbocycles. The van der Waals surface area contributed by atoms with Crippen LogP contribution in [0.1, 0.15) is 19.8 Å². The van der Waals surface area contributed by atoms with E-state index in [-0.39, 0.29) is 42.5 Å². The van der Waals surface area contributed by atoms with Gasteiger partial charge in [-0.25, -0.2) is 4.39 Å². The fraction of sp³-hybridized carbons (Fsp3) is 0.579. The van der Waals surface area contributed by atoms with E-state index in [0.29, 0.717) is 37.9 Å². The van der Waals surface area contributed by atoms with E-state index in [0.717, 1.165) is 19.4 Å². The van der Waals surface area contributed by atoms with Gasteiger partial charge < -0.3 is 15.5 Å². The van der Waals surface area contributed by atoms with E-state index >= 15 is 0 Å². The smallest absolute Gasteiger partial charge is 0.238 e. The zero-order chi connectivity index (χ0) is 18.5. The van der Waals surface area contributed by atoms with Crippen LogP contribution in [0.4, 0.5) is 10.1 Å². The maximum atomic E-state index is 12.9. The first kappa shape index (κ1) is 21.6. The minimum absolute atomic E-state index is 0. The van der Waals surface area contributed by atoms with E-state index < -0.39 is 0 Å². The fourth-order valence-corrected chi connectivity index (χ4v) is 3.68. The Labute approximate surface area is 165 Å². The van der Waals surface area contributed by atoms with Crippen LogP contribution in [-0.4, -0.2) is 66.9 Å². The van der Waals surface area contributed by atoms with Crippen LogP contribution in [-0.2, 0) is 9.59 Å². The molecule has 2 aliphatic rings. The maximum Gasteiger partial charge on any atom is 0.238 e. The summed E-state index contributed by atoms with van der Waals surface area (Å²) in [4.78, 5) is 28.8. The SMILES string of the molecule is C[C@H]1C[C@@H](C(=O)N2CCN(CC(=O)Nc3ccc(F)cc3)CC2)CCN1.Cl. The highest BCUT2D eigenvalue weighted by Gasteiger charge is 2.30. The highest BCUT2D eigenvalue weighted by atomic mass is 35.5. The number of rotatable bonds is 4. The van der Waals surface area contributed by atoms with Gasteiger partial charge in [0.1, 0.15) is 5.82 Å². The Balaban J connectivity index is 0.00000261. The first-order valence-corrected chi connectivity index (χ1v) is 9.31. The molecule has 2 saturated heterocycles. The van der Waals surface area contributed by atoms with Gasteiger partial charge in [-0.15, -0.1) is 12.4 Å². The lowest BCUT2D eigenvalue weighted by atomic mass is 9.92. The van der Waals surface area contributed by atoms with E-state index in [1.165, 1.54) is 12.1 Å². The van der Waals surface area contributed by atoms with Crippen LogP contribution >= 0.6 is 12.4 Å². The lowest BCUT2D eigenvalue weighted by molar-refractivity contribution is -0.138. The molecule has 0 spiro atoms. The minimum Gasteiger partial charge on any atom is -0.340 e. The van der Waals surface area contributed by atoms with Crippen molar-refractivity contribution >= 4 is 29.9 Å². The van der Waals surface area contributed by atoms with Crippen LogP contribution in [0.5, 0.6) is 0 Å². The molecule has 2 heterocycles. The first-order chi connectivity index (χ1) is 12.5. The van der Waals surface area contributed by atoms with E-state index in [2.05, 4.69) is 17.6 Å². The lowest BCUT2D eigenvalue weighted by Crippen LogP contribution is -2.53. The maximum absolute atomic E-state index is 12.9. The summed E-state index contributed by atoms with van der Waals surface area (Å²) in [6.07, 6.45) is 1.81. The van der Waals surface area contributed by atoms with Crippen LogP contribution in [0.25, 0.3) is 0 Å². The summed E-state index contributed by atoms with van der Waals surface area (Å²) in [5.74, 6) is -0.0659. The number of carbonyl (C=O) groups excluding carboxylic acids is 2. The quantitative estimate of drug-likeness (QED) is 0.810. The molecular weight excluding hydrogens is 371 g/mol. The second-order valence-corrected chi connectivity index (χ2v) is 7.23. The lowest BCUT2D eigenvalue weighted by Gasteiger charge is -2.37. The third kappa shape index (κ3) is 6.16. The van der Waals surface area contributed by atoms with Gasteiger partial charge in [0.2, 0.25) is 11.8 Å². The van der Waals surface area contributed by atoms with Gasteiger partial charge in [-0.1, -0.05) is 0 Å². The predicted octanol–water partition coefficient (Wildman–Crippen LogP) is 1.72. The van der Waals surface area contributed by atoms with Crippen molar-refractivity contribution in [3.05, 3.63) is 30.1 Å². The highest BCUT2D eigenvalue weighted by Crippen LogP contribution is 2.19. The third-order valence-corrected chi connectivity index (χ3v) is 5.15. The minimum atomic E-state index is -0.327. The number of piperidine rings is 1. The van der Waals surface area contributed by atoms with Crippen molar-refractivity contribution in [3.8, 4) is 0 Å². The number of piperazine rings is 1. The summed E-state index contributed by atoms with van der Waals surface area (Å²) < 4.78 is 12.9. The predicted molar refractivity (Wildman–Crippen MR) is 105 cm³/mol. The Bertz CT molecular complexity index is 635. The number of nitrogens with one attached hydrogen (secondary N) is 2. The van der Waals surface area contributed by atoms with Gasteiger partial charge >= 0.3 is 0 Å². The summed E-state index contributed by atoms with van der Waals surface area (Å²) >= 11 is 0. The van der Waals surface area contributed by atoms with Crippen molar-refractivity contribution in [1.82, 2.24) is 15.1 Å². The Morgan fingerprint density at radius 2 is 1.85 bits per heavy atom. The van der Waals surface area contributed by atoms with Crippen molar-refractivity contribution in [2.75, 3.05) is 44.6 Å². The monoisotopic (exact) mass is 398 g/mol. The van der Waals surface area contributed by atoms with Crippen molar-refractivity contribution < 1.29 is 14.0 Å². The summed E-state index contributed by atoms with van der Waals surface area (Å²) in [5, 5.41) is 6.15. The highest BCUT2D eigenvalue weighted by molar-refractivity contribution is 5.92. The van der Waals surface area contributed by atoms with E-state index in [9.17, 15) is 14.0 Å². The number of halogens is 2. The second kappa shape index (κ2) is 10.0. The topological polar surface area (TPSA) is 64.7 Å². The average Bonchev–Trinajstić information content (AvgIpc) is 2.64. The molecule has 0 radical (unpaired) electrons. The molecule has 27 heavy (non-hydrogen) atoms. The second-order valence-electron chi connectivity index (χ2n) is 7.23. The van der Waals surface area contributed by atoms with E-state index in [4.69, 9.17) is 0 Å². The molecule has 2 aliphatic heterocycles. The molecule has 0 saturated carbocycles. The van der Waals surface area contributed by atoms with Gasteiger partial charge in [0.15, 0.2) is 0 Å². The number of nitrogens with zero attached hydrogens (tertiary/aromatic N) is 2. The van der Waals surface area contributed by atoms with Gasteiger partial charge in [-0.3, -0.25) is 14.5 Å². The Hall–Kier alpha value is -1.70. The van der Waals surface area contributed by atoms with Crippen LogP contribution in [0.3, 0.4) is 0 Å². The molecule has 0 aromatic heterocycles. The number of carbonyl (C=O) groups is 2. The largest absolute Gasteiger partial charge is 0.340 e. The molecule has 150 valence electrons. The van der Waals surface area contributed by atoms with Crippen LogP contribution in [0.2, 0.25) is 0 Å². The number of hydrogen-bond donors (Lipinski definition) is 2. The third-order valence-electron chi connectivity index (χ3n) is 5.15. The number of anilines is 1. The molecule has 1 aromatic rings. The summed E-state index contributed by atoms with van der Waals surface area (Å²) in [6.45, 7) is 6.04. The molecule has 2 N–H and O–H groups in total. The van der Waals surface area contributed by atoms with Gasteiger partial charge in [0.05, 0.1) is 6.54 Å². The zero-order valence-corrected chi connectivity index (χ0v) is 16.4. The van der Waals surface area contributed by atoms with Gasteiger partial charge in [0.25, 0.3) is 0 Å². The number of amides is 2. The van der Waals surface area contributed by atoms with Gasteiger partial charge in [-0.05, 0) is 50.6 Å². The molecule has 8 heteroatoms. The standard InChI is InChI=1S/C19H27FN4O2.ClH/c1-14-12-15(6-7-21-14)19(26)24-10-8-23(9-11-24)13-18(25)22-17-4-2-16(20)3-5-17;/h2-5,14-15,21H,6-13H2,1H3,(H,22,25);1H/t14-,15-;/m0./s1. The first-order valence-electron chi connectivity index (χ1n) is 9.31. The summed E-state index contributed by atoms with van der Waals surface area (Å²) in [6, 6.07) is 6.13. The number of benzene rings is 1. The van der Waals surface area contributed by atoms with E-state index in [1.807, 2.05) is 9.80 Å². The Morgan fingerprint density at radius 1 is 1.19 bits per heavy atom. The van der Waals surface area contributed by atoms with Crippen LogP contribution in [0, 0.1) is 11.7 Å². The van der Waals surface area contributed by atoms with Crippen LogP contribution < -0.4 is 10.6 Å². The molecule has 0 bridgehead atoms. The zero-order valence-electron chi connectivity index (χ0n) is 15.6. The number of hydrogen-bond acceptors (Lipinski definition) is 4. The molecule has 1 aromatic carbocycles. The Morgan fingerprint density at radius 3 is 2.48 bits per heavy atom. The summed E-state index contributed by atoms with van der Waals surface area (Å²) in [5.41, 5.74) is 0.588. The van der Waals surface area contributed by atoms with E-state index in [1.54, 1.807) is 12.1 Å². The van der Waals surface area contributed by atoms with Crippen LogP contribution in [0.15, 0.2) is 24.3 Å². The molecule has 3 rings (SSSR count). The molecule has 0 unspecified atom stereocenters. The van der Waals surface area contributed by atoms with Gasteiger partial charge in [0, 0.05) is 43.8 Å². The van der Waals surface area contributed by atoms with Crippen molar-refractivity contribution in [1.29, 1.82) is 0 Å². The fourth-order valence-electron chi connectivity index (χ4n) is 3.68. The van der Waals surface area contributed by atoms with Gasteiger partial charge in [-0.2, -0.15) is 0 Å². The summed E-state index contributed by atoms with van der Waals surface area (Å²) in [7, 11) is 0. The molecule has 2 amide bonds. The normalized spacial score (nSPS) is 23.4. The molecule has 2 atom stereocenters. The average molecular weight is 399 g/mol. The molecule has 6 nitrogen and oxygen atoms in total. The van der Waals surface area contributed by atoms with Crippen molar-refractivity contribution in [2.45, 2.75) is 25.8 Å². The Kier molecular flexibility index (Phi) is 8.01. The van der Waals surface area contributed by atoms with Crippen molar-refractivity contribution in [3.63, 3.8) is 0 Å².